The molecule has 0 heterocycles. The highest BCUT2D eigenvalue weighted by molar-refractivity contribution is 6.31. The van der Waals surface area contributed by atoms with Crippen molar-refractivity contribution < 1.29 is 4.79 Å². The molecule has 0 aliphatic heterocycles. The summed E-state index contributed by atoms with van der Waals surface area (Å²) in [6.07, 6.45) is 3.24. The van der Waals surface area contributed by atoms with Crippen LogP contribution < -0.4 is 10.6 Å². The first-order valence-electron chi connectivity index (χ1n) is 6.69. The van der Waals surface area contributed by atoms with Gasteiger partial charge in [-0.15, -0.1) is 0 Å². The van der Waals surface area contributed by atoms with Crippen molar-refractivity contribution in [3.8, 4) is 0 Å². The van der Waals surface area contributed by atoms with Gasteiger partial charge in [-0.3, -0.25) is 4.79 Å². The number of benzene rings is 1. The molecule has 0 saturated heterocycles. The Bertz CT molecular complexity index is 485. The van der Waals surface area contributed by atoms with Crippen LogP contribution in [0.2, 0.25) is 5.02 Å². The molecule has 2 rings (SSSR count). The first kappa shape index (κ1) is 14.2. The molecule has 3 nitrogen and oxygen atoms in total. The van der Waals surface area contributed by atoms with Crippen LogP contribution in [0.3, 0.4) is 0 Å². The largest absolute Gasteiger partial charge is 0.387 e. The summed E-state index contributed by atoms with van der Waals surface area (Å²) in [6.45, 7) is 4.50. The van der Waals surface area contributed by atoms with Crippen LogP contribution in [0.25, 0.3) is 0 Å². The molecule has 1 aliphatic rings. The van der Waals surface area contributed by atoms with Gasteiger partial charge in [0.15, 0.2) is 0 Å². The summed E-state index contributed by atoms with van der Waals surface area (Å²) >= 11 is 5.97. The number of nitrogens with one attached hydrogen (secondary N) is 2. The Labute approximate surface area is 119 Å². The highest BCUT2D eigenvalue weighted by Gasteiger charge is 2.32. The molecule has 1 amide bonds. The second-order valence-corrected chi connectivity index (χ2v) is 6.45. The van der Waals surface area contributed by atoms with Crippen LogP contribution in [0.4, 0.5) is 5.69 Å². The summed E-state index contributed by atoms with van der Waals surface area (Å²) in [7, 11) is 1.80. The summed E-state index contributed by atoms with van der Waals surface area (Å²) in [6, 6.07) is 5.59. The molecule has 0 aromatic heterocycles. The van der Waals surface area contributed by atoms with Gasteiger partial charge in [0.05, 0.1) is 5.56 Å². The maximum Gasteiger partial charge on any atom is 0.253 e. The highest BCUT2D eigenvalue weighted by atomic mass is 35.5. The highest BCUT2D eigenvalue weighted by Crippen LogP contribution is 2.37. The maximum absolute atomic E-state index is 12.3. The van der Waals surface area contributed by atoms with Crippen LogP contribution in [0, 0.1) is 5.41 Å². The van der Waals surface area contributed by atoms with E-state index in [1.165, 1.54) is 0 Å². The summed E-state index contributed by atoms with van der Waals surface area (Å²) in [4.78, 5) is 12.3. The Morgan fingerprint density at radius 1 is 1.42 bits per heavy atom. The zero-order valence-electron chi connectivity index (χ0n) is 11.7. The number of hydrogen-bond donors (Lipinski definition) is 2. The SMILES string of the molecule is CNc1ccc(Cl)cc1C(=O)NC1CCC(C)(C)C1. The number of carbonyl (C=O) groups is 1. The smallest absolute Gasteiger partial charge is 0.253 e. The molecule has 4 heteroatoms. The molecule has 1 saturated carbocycles. The molecule has 1 aromatic rings. The second kappa shape index (κ2) is 5.41. The van der Waals surface area contributed by atoms with Gasteiger partial charge in [-0.05, 0) is 42.9 Å². The Morgan fingerprint density at radius 2 is 2.16 bits per heavy atom. The minimum absolute atomic E-state index is 0.0467. The van der Waals surface area contributed by atoms with Crippen molar-refractivity contribution >= 4 is 23.2 Å². The standard InChI is InChI=1S/C15H21ClN2O/c1-15(2)7-6-11(9-15)18-14(19)12-8-10(16)4-5-13(12)17-3/h4-5,8,11,17H,6-7,9H2,1-3H3,(H,18,19). The van der Waals surface area contributed by atoms with Crippen LogP contribution in [0.15, 0.2) is 18.2 Å². The molecular weight excluding hydrogens is 260 g/mol. The van der Waals surface area contributed by atoms with Gasteiger partial charge in [0.2, 0.25) is 0 Å². The Kier molecular flexibility index (Phi) is 4.04. The van der Waals surface area contributed by atoms with Gasteiger partial charge >= 0.3 is 0 Å². The summed E-state index contributed by atoms with van der Waals surface area (Å²) in [5.74, 6) is -0.0467. The van der Waals surface area contributed by atoms with Gasteiger partial charge in [-0.1, -0.05) is 25.4 Å². The first-order chi connectivity index (χ1) is 8.91. The van der Waals surface area contributed by atoms with Crippen LogP contribution in [-0.2, 0) is 0 Å². The predicted molar refractivity (Wildman–Crippen MR) is 79.9 cm³/mol. The molecule has 1 fully saturated rings. The topological polar surface area (TPSA) is 41.1 Å². The van der Waals surface area contributed by atoms with Crippen molar-refractivity contribution in [1.82, 2.24) is 5.32 Å². The van der Waals surface area contributed by atoms with Crippen molar-refractivity contribution in [2.24, 2.45) is 5.41 Å². The van der Waals surface area contributed by atoms with Gasteiger partial charge in [-0.25, -0.2) is 0 Å². The third-order valence-electron chi connectivity index (χ3n) is 3.80. The van der Waals surface area contributed by atoms with Crippen LogP contribution in [-0.4, -0.2) is 19.0 Å². The van der Waals surface area contributed by atoms with Crippen molar-refractivity contribution in [3.05, 3.63) is 28.8 Å². The molecule has 1 unspecified atom stereocenters. The zero-order chi connectivity index (χ0) is 14.0. The fourth-order valence-electron chi connectivity index (χ4n) is 2.74. The minimum atomic E-state index is -0.0467. The third kappa shape index (κ3) is 3.41. The van der Waals surface area contributed by atoms with Gasteiger partial charge in [-0.2, -0.15) is 0 Å². The Morgan fingerprint density at radius 3 is 2.74 bits per heavy atom. The molecule has 1 aromatic carbocycles. The lowest BCUT2D eigenvalue weighted by molar-refractivity contribution is 0.0937. The van der Waals surface area contributed by atoms with Crippen LogP contribution in [0.1, 0.15) is 43.5 Å². The molecule has 0 radical (unpaired) electrons. The molecule has 1 atom stereocenters. The second-order valence-electron chi connectivity index (χ2n) is 6.02. The lowest BCUT2D eigenvalue weighted by Crippen LogP contribution is -2.33. The summed E-state index contributed by atoms with van der Waals surface area (Å²) < 4.78 is 0. The Balaban J connectivity index is 2.10. The molecule has 1 aliphatic carbocycles. The monoisotopic (exact) mass is 280 g/mol. The zero-order valence-corrected chi connectivity index (χ0v) is 12.5. The van der Waals surface area contributed by atoms with E-state index >= 15 is 0 Å². The van der Waals surface area contributed by atoms with Gasteiger partial charge in [0.25, 0.3) is 5.91 Å². The maximum atomic E-state index is 12.3. The molecule has 19 heavy (non-hydrogen) atoms. The minimum Gasteiger partial charge on any atom is -0.387 e. The van der Waals surface area contributed by atoms with E-state index in [0.717, 1.165) is 24.9 Å². The normalized spacial score (nSPS) is 21.2. The van der Waals surface area contributed by atoms with E-state index in [1.807, 2.05) is 6.07 Å². The lowest BCUT2D eigenvalue weighted by Gasteiger charge is -2.18. The van der Waals surface area contributed by atoms with Crippen LogP contribution in [0.5, 0.6) is 0 Å². The van der Waals surface area contributed by atoms with E-state index in [0.29, 0.717) is 16.0 Å². The number of anilines is 1. The van der Waals surface area contributed by atoms with Gasteiger partial charge < -0.3 is 10.6 Å². The van der Waals surface area contributed by atoms with E-state index in [9.17, 15) is 4.79 Å². The van der Waals surface area contributed by atoms with Crippen molar-refractivity contribution in [1.29, 1.82) is 0 Å². The quantitative estimate of drug-likeness (QED) is 0.887. The van der Waals surface area contributed by atoms with Crippen molar-refractivity contribution in [3.63, 3.8) is 0 Å². The van der Waals surface area contributed by atoms with Crippen molar-refractivity contribution in [2.75, 3.05) is 12.4 Å². The number of carbonyl (C=O) groups excluding carboxylic acids is 1. The van der Waals surface area contributed by atoms with Crippen molar-refractivity contribution in [2.45, 2.75) is 39.2 Å². The predicted octanol–water partition coefficient (Wildman–Crippen LogP) is 3.69. The van der Waals surface area contributed by atoms with Gasteiger partial charge in [0, 0.05) is 23.8 Å². The average molecular weight is 281 g/mol. The van der Waals surface area contributed by atoms with E-state index < -0.39 is 0 Å². The molecular formula is C15H21ClN2O. The fourth-order valence-corrected chi connectivity index (χ4v) is 2.92. The average Bonchev–Trinajstić information content (AvgIpc) is 2.68. The molecule has 2 N–H and O–H groups in total. The summed E-state index contributed by atoms with van der Waals surface area (Å²) in [5, 5.41) is 6.72. The number of hydrogen-bond acceptors (Lipinski definition) is 2. The number of rotatable bonds is 3. The fraction of sp³-hybridized carbons (Fsp3) is 0.533. The number of halogens is 1. The number of amides is 1. The van der Waals surface area contributed by atoms with E-state index in [1.54, 1.807) is 19.2 Å². The third-order valence-corrected chi connectivity index (χ3v) is 4.03. The van der Waals surface area contributed by atoms with Crippen LogP contribution >= 0.6 is 11.6 Å². The molecule has 0 spiro atoms. The lowest BCUT2D eigenvalue weighted by atomic mass is 9.92. The molecule has 0 bridgehead atoms. The Hall–Kier alpha value is -1.22. The van der Waals surface area contributed by atoms with Gasteiger partial charge in [0.1, 0.15) is 0 Å². The van der Waals surface area contributed by atoms with E-state index in [4.69, 9.17) is 11.6 Å². The molecule has 104 valence electrons. The van der Waals surface area contributed by atoms with E-state index in [-0.39, 0.29) is 11.9 Å². The summed E-state index contributed by atoms with van der Waals surface area (Å²) in [5.41, 5.74) is 1.75. The van der Waals surface area contributed by atoms with E-state index in [2.05, 4.69) is 24.5 Å². The first-order valence-corrected chi connectivity index (χ1v) is 7.07.